The minimum Gasteiger partial charge on any atom is -0.376 e. The summed E-state index contributed by atoms with van der Waals surface area (Å²) in [5, 5.41) is 0.747. The van der Waals surface area contributed by atoms with Gasteiger partial charge in [-0.05, 0) is 43.2 Å². The minimum atomic E-state index is 0.0671. The first-order chi connectivity index (χ1) is 13.2. The molecular weight excluding hydrogens is 444 g/mol. The smallest absolute Gasteiger partial charge is 0.239 e. The SMILES string of the molecule is O=C(CSc1ccccc1)N(CC1CCCO1)c1nc2ccc(Br)cc2s1. The third kappa shape index (κ3) is 4.71. The summed E-state index contributed by atoms with van der Waals surface area (Å²) in [5.74, 6) is 0.452. The topological polar surface area (TPSA) is 42.4 Å². The lowest BCUT2D eigenvalue weighted by molar-refractivity contribution is -0.116. The Kier molecular flexibility index (Phi) is 6.12. The number of ether oxygens (including phenoxy) is 1. The number of aromatic nitrogens is 1. The molecular formula is C20H19BrN2O2S2. The lowest BCUT2D eigenvalue weighted by atomic mass is 10.2. The zero-order valence-electron chi connectivity index (χ0n) is 14.6. The van der Waals surface area contributed by atoms with E-state index < -0.39 is 0 Å². The maximum atomic E-state index is 13.1. The highest BCUT2D eigenvalue weighted by atomic mass is 79.9. The fraction of sp³-hybridized carbons (Fsp3) is 0.300. The van der Waals surface area contributed by atoms with Crippen LogP contribution in [0.25, 0.3) is 10.2 Å². The fourth-order valence-corrected chi connectivity index (χ4v) is 5.36. The zero-order valence-corrected chi connectivity index (χ0v) is 17.9. The first kappa shape index (κ1) is 18.9. The second-order valence-corrected chi connectivity index (χ2v) is 9.32. The average Bonchev–Trinajstić information content (AvgIpc) is 3.34. The molecule has 1 unspecified atom stereocenters. The number of anilines is 1. The molecule has 7 heteroatoms. The van der Waals surface area contributed by atoms with Gasteiger partial charge in [0, 0.05) is 16.0 Å². The molecule has 1 aliphatic heterocycles. The number of carbonyl (C=O) groups excluding carboxylic acids is 1. The van der Waals surface area contributed by atoms with E-state index in [2.05, 4.69) is 15.9 Å². The third-order valence-electron chi connectivity index (χ3n) is 4.39. The Morgan fingerprint density at radius 3 is 2.93 bits per heavy atom. The summed E-state index contributed by atoms with van der Waals surface area (Å²) in [5.41, 5.74) is 0.916. The third-order valence-corrected chi connectivity index (χ3v) is 6.92. The van der Waals surface area contributed by atoms with Crippen molar-refractivity contribution in [3.8, 4) is 0 Å². The van der Waals surface area contributed by atoms with Gasteiger partial charge in [-0.3, -0.25) is 9.69 Å². The molecule has 27 heavy (non-hydrogen) atoms. The van der Waals surface area contributed by atoms with Gasteiger partial charge >= 0.3 is 0 Å². The number of rotatable bonds is 6. The molecule has 1 aromatic heterocycles. The molecule has 0 N–H and O–H groups in total. The van der Waals surface area contributed by atoms with Crippen molar-refractivity contribution in [3.05, 3.63) is 53.0 Å². The Morgan fingerprint density at radius 2 is 2.15 bits per heavy atom. The van der Waals surface area contributed by atoms with Crippen LogP contribution in [0.15, 0.2) is 57.9 Å². The van der Waals surface area contributed by atoms with Crippen LogP contribution < -0.4 is 4.90 Å². The second-order valence-electron chi connectivity index (χ2n) is 6.35. The van der Waals surface area contributed by atoms with E-state index in [1.807, 2.05) is 53.4 Å². The van der Waals surface area contributed by atoms with Crippen LogP contribution in [-0.2, 0) is 9.53 Å². The first-order valence-corrected chi connectivity index (χ1v) is 11.4. The van der Waals surface area contributed by atoms with Gasteiger partial charge in [0.1, 0.15) is 0 Å². The largest absolute Gasteiger partial charge is 0.376 e. The normalized spacial score (nSPS) is 16.7. The van der Waals surface area contributed by atoms with Crippen LogP contribution in [0.1, 0.15) is 12.8 Å². The molecule has 140 valence electrons. The van der Waals surface area contributed by atoms with Crippen LogP contribution >= 0.6 is 39.0 Å². The first-order valence-electron chi connectivity index (χ1n) is 8.85. The fourth-order valence-electron chi connectivity index (χ4n) is 3.02. The number of carbonyl (C=O) groups is 1. The Labute approximate surface area is 175 Å². The van der Waals surface area contributed by atoms with E-state index in [4.69, 9.17) is 9.72 Å². The molecule has 3 aromatic rings. The van der Waals surface area contributed by atoms with Gasteiger partial charge in [-0.25, -0.2) is 4.98 Å². The lowest BCUT2D eigenvalue weighted by Crippen LogP contribution is -2.38. The van der Waals surface area contributed by atoms with E-state index in [0.29, 0.717) is 12.3 Å². The molecule has 4 rings (SSSR count). The summed E-state index contributed by atoms with van der Waals surface area (Å²) < 4.78 is 7.86. The molecule has 1 fully saturated rings. The van der Waals surface area contributed by atoms with E-state index >= 15 is 0 Å². The average molecular weight is 463 g/mol. The molecule has 1 amide bonds. The van der Waals surface area contributed by atoms with Crippen molar-refractivity contribution in [2.45, 2.75) is 23.8 Å². The number of nitrogens with zero attached hydrogens (tertiary/aromatic N) is 2. The van der Waals surface area contributed by atoms with Crippen molar-refractivity contribution in [1.29, 1.82) is 0 Å². The molecule has 1 aliphatic rings. The molecule has 0 spiro atoms. The number of hydrogen-bond donors (Lipinski definition) is 0. The van der Waals surface area contributed by atoms with E-state index in [1.54, 1.807) is 23.1 Å². The van der Waals surface area contributed by atoms with Gasteiger partial charge < -0.3 is 4.74 Å². The van der Waals surface area contributed by atoms with Gasteiger partial charge in [-0.2, -0.15) is 0 Å². The Balaban J connectivity index is 1.55. The summed E-state index contributed by atoms with van der Waals surface area (Å²) in [6.45, 7) is 1.34. The number of benzene rings is 2. The second kappa shape index (κ2) is 8.73. The summed E-state index contributed by atoms with van der Waals surface area (Å²) in [4.78, 5) is 20.7. The van der Waals surface area contributed by atoms with Crippen molar-refractivity contribution in [2.24, 2.45) is 0 Å². The maximum Gasteiger partial charge on any atom is 0.239 e. The number of amides is 1. The maximum absolute atomic E-state index is 13.1. The molecule has 2 heterocycles. The summed E-state index contributed by atoms with van der Waals surface area (Å²) in [7, 11) is 0. The molecule has 0 bridgehead atoms. The van der Waals surface area contributed by atoms with Gasteiger partial charge in [-0.1, -0.05) is 45.5 Å². The summed E-state index contributed by atoms with van der Waals surface area (Å²) in [6, 6.07) is 16.0. The molecule has 2 aromatic carbocycles. The molecule has 1 saturated heterocycles. The highest BCUT2D eigenvalue weighted by molar-refractivity contribution is 9.10. The van der Waals surface area contributed by atoms with Crippen LogP contribution in [0.4, 0.5) is 5.13 Å². The number of thioether (sulfide) groups is 1. The zero-order chi connectivity index (χ0) is 18.6. The molecule has 1 atom stereocenters. The summed E-state index contributed by atoms with van der Waals surface area (Å²) in [6.07, 6.45) is 2.14. The number of hydrogen-bond acceptors (Lipinski definition) is 5. The van der Waals surface area contributed by atoms with E-state index in [1.165, 1.54) is 0 Å². The molecule has 0 aliphatic carbocycles. The van der Waals surface area contributed by atoms with Gasteiger partial charge in [0.25, 0.3) is 0 Å². The van der Waals surface area contributed by atoms with Crippen molar-refractivity contribution in [1.82, 2.24) is 4.98 Å². The quantitative estimate of drug-likeness (QED) is 0.462. The van der Waals surface area contributed by atoms with Crippen molar-refractivity contribution < 1.29 is 9.53 Å². The molecule has 4 nitrogen and oxygen atoms in total. The minimum absolute atomic E-state index is 0.0671. The number of halogens is 1. The number of fused-ring (bicyclic) bond motifs is 1. The van der Waals surface area contributed by atoms with Gasteiger partial charge in [0.05, 0.1) is 28.6 Å². The van der Waals surface area contributed by atoms with Crippen LogP contribution in [-0.4, -0.2) is 35.9 Å². The van der Waals surface area contributed by atoms with E-state index in [0.717, 1.165) is 44.2 Å². The number of thiazole rings is 1. The van der Waals surface area contributed by atoms with Crippen LogP contribution in [0, 0.1) is 0 Å². The molecule has 0 radical (unpaired) electrons. The predicted octanol–water partition coefficient (Wildman–Crippen LogP) is 5.36. The monoisotopic (exact) mass is 462 g/mol. The molecule has 0 saturated carbocycles. The predicted molar refractivity (Wildman–Crippen MR) is 116 cm³/mol. The van der Waals surface area contributed by atoms with Gasteiger partial charge in [0.2, 0.25) is 5.91 Å². The summed E-state index contributed by atoms with van der Waals surface area (Å²) >= 11 is 6.61. The van der Waals surface area contributed by atoms with Crippen LogP contribution in [0.2, 0.25) is 0 Å². The van der Waals surface area contributed by atoms with Crippen molar-refractivity contribution >= 4 is 60.3 Å². The van der Waals surface area contributed by atoms with Gasteiger partial charge in [-0.15, -0.1) is 11.8 Å². The Morgan fingerprint density at radius 1 is 1.30 bits per heavy atom. The lowest BCUT2D eigenvalue weighted by Gasteiger charge is -2.23. The highest BCUT2D eigenvalue weighted by Crippen LogP contribution is 2.32. The Bertz CT molecular complexity index is 926. The van der Waals surface area contributed by atoms with Crippen molar-refractivity contribution in [3.63, 3.8) is 0 Å². The van der Waals surface area contributed by atoms with Crippen LogP contribution in [0.3, 0.4) is 0 Å². The van der Waals surface area contributed by atoms with Crippen LogP contribution in [0.5, 0.6) is 0 Å². The van der Waals surface area contributed by atoms with Crippen molar-refractivity contribution in [2.75, 3.05) is 23.8 Å². The van der Waals surface area contributed by atoms with E-state index in [9.17, 15) is 4.79 Å². The Hall–Kier alpha value is -1.41. The van der Waals surface area contributed by atoms with E-state index in [-0.39, 0.29) is 12.0 Å². The highest BCUT2D eigenvalue weighted by Gasteiger charge is 2.26. The van der Waals surface area contributed by atoms with Gasteiger partial charge in [0.15, 0.2) is 5.13 Å². The standard InChI is InChI=1S/C20H19BrN2O2S2/c21-14-8-9-17-18(11-14)27-20(22-17)23(12-15-5-4-10-25-15)19(24)13-26-16-6-2-1-3-7-16/h1-3,6-9,11,15H,4-5,10,12-13H2.